The number of aromatic nitrogens is 2. The number of nitrogens with zero attached hydrogens (tertiary/aromatic N) is 4. The first-order valence-corrected chi connectivity index (χ1v) is 17.1. The molecule has 0 fully saturated rings. The molecular weight excluding hydrogens is 609 g/mol. The maximum atomic E-state index is 10.4. The Morgan fingerprint density at radius 3 is 1.72 bits per heavy atom. The molecule has 50 heavy (non-hydrogen) atoms. The Hall–Kier alpha value is -6.10. The largest absolute Gasteiger partial charge is 0.309 e. The van der Waals surface area contributed by atoms with Crippen molar-refractivity contribution in [3.05, 3.63) is 149 Å². The van der Waals surface area contributed by atoms with Crippen LogP contribution in [0.1, 0.15) is 58.2 Å². The molecule has 0 radical (unpaired) electrons. The number of benzene rings is 6. The van der Waals surface area contributed by atoms with Crippen LogP contribution in [0, 0.1) is 17.9 Å². The highest BCUT2D eigenvalue weighted by molar-refractivity contribution is 6.14. The first kappa shape index (κ1) is 31.2. The van der Waals surface area contributed by atoms with Crippen LogP contribution in [-0.4, -0.2) is 9.13 Å². The fourth-order valence-electron chi connectivity index (χ4n) is 7.40. The van der Waals surface area contributed by atoms with Crippen LogP contribution in [0.2, 0.25) is 0 Å². The molecule has 242 valence electrons. The summed E-state index contributed by atoms with van der Waals surface area (Å²) in [5.74, 6) is 0. The predicted molar refractivity (Wildman–Crippen MR) is 209 cm³/mol. The summed E-state index contributed by atoms with van der Waals surface area (Å²) >= 11 is 0. The Kier molecular flexibility index (Phi) is 7.00. The monoisotopic (exact) mass is 646 g/mol. The molecule has 0 atom stereocenters. The molecule has 0 aliphatic rings. The van der Waals surface area contributed by atoms with Gasteiger partial charge in [-0.1, -0.05) is 102 Å². The fraction of sp³-hybridized carbons (Fsp3) is 0.174. The molecule has 0 N–H and O–H groups in total. The maximum absolute atomic E-state index is 10.4. The van der Waals surface area contributed by atoms with Gasteiger partial charge in [0.1, 0.15) is 0 Å². The summed E-state index contributed by atoms with van der Waals surface area (Å²) in [5, 5.41) is 15.0. The van der Waals surface area contributed by atoms with Crippen molar-refractivity contribution in [2.75, 3.05) is 0 Å². The van der Waals surface area contributed by atoms with Crippen LogP contribution in [0.4, 0.5) is 5.69 Å². The van der Waals surface area contributed by atoms with E-state index >= 15 is 0 Å². The average Bonchev–Trinajstić information content (AvgIpc) is 3.62. The molecule has 2 heterocycles. The molecule has 0 aliphatic heterocycles. The first-order valence-electron chi connectivity index (χ1n) is 17.1. The molecule has 0 amide bonds. The lowest BCUT2D eigenvalue weighted by Crippen LogP contribution is -2.10. The van der Waals surface area contributed by atoms with Gasteiger partial charge in [-0.3, -0.25) is 0 Å². The summed E-state index contributed by atoms with van der Waals surface area (Å²) in [7, 11) is 0. The minimum absolute atomic E-state index is 0.0210. The van der Waals surface area contributed by atoms with Gasteiger partial charge < -0.3 is 9.13 Å². The van der Waals surface area contributed by atoms with Gasteiger partial charge in [0.05, 0.1) is 46.0 Å². The van der Waals surface area contributed by atoms with E-state index in [9.17, 15) is 5.26 Å². The lowest BCUT2D eigenvalue weighted by molar-refractivity contribution is 0.590. The molecule has 0 saturated heterocycles. The zero-order chi connectivity index (χ0) is 34.9. The van der Waals surface area contributed by atoms with Gasteiger partial charge in [0.2, 0.25) is 0 Å². The number of hydrogen-bond acceptors (Lipinski definition) is 1. The fourth-order valence-corrected chi connectivity index (χ4v) is 7.40. The summed E-state index contributed by atoms with van der Waals surface area (Å²) < 4.78 is 4.71. The second-order valence-corrected chi connectivity index (χ2v) is 15.3. The van der Waals surface area contributed by atoms with E-state index in [1.807, 2.05) is 12.1 Å². The van der Waals surface area contributed by atoms with E-state index in [-0.39, 0.29) is 10.8 Å². The zero-order valence-electron chi connectivity index (χ0n) is 29.3. The van der Waals surface area contributed by atoms with Crippen molar-refractivity contribution in [1.29, 1.82) is 5.26 Å². The maximum Gasteiger partial charge on any atom is 0.187 e. The molecule has 8 aromatic rings. The molecule has 6 aromatic carbocycles. The van der Waals surface area contributed by atoms with Crippen LogP contribution in [0.5, 0.6) is 0 Å². The lowest BCUT2D eigenvalue weighted by atomic mass is 9.85. The molecule has 0 unspecified atom stereocenters. The third-order valence-corrected chi connectivity index (χ3v) is 10.1. The van der Waals surface area contributed by atoms with E-state index in [4.69, 9.17) is 6.57 Å². The molecule has 0 spiro atoms. The predicted octanol–water partition coefficient (Wildman–Crippen LogP) is 12.6. The van der Waals surface area contributed by atoms with Gasteiger partial charge >= 0.3 is 0 Å². The zero-order valence-corrected chi connectivity index (χ0v) is 29.3. The van der Waals surface area contributed by atoms with E-state index in [1.165, 1.54) is 21.9 Å². The number of para-hydroxylation sites is 2. The quantitative estimate of drug-likeness (QED) is 0.176. The highest BCUT2D eigenvalue weighted by atomic mass is 15.0. The van der Waals surface area contributed by atoms with Crippen LogP contribution < -0.4 is 0 Å². The van der Waals surface area contributed by atoms with Crippen LogP contribution in [-0.2, 0) is 10.8 Å². The van der Waals surface area contributed by atoms with Crippen LogP contribution in [0.25, 0.3) is 71.0 Å². The molecule has 0 bridgehead atoms. The van der Waals surface area contributed by atoms with Crippen molar-refractivity contribution in [3.63, 3.8) is 0 Å². The van der Waals surface area contributed by atoms with Gasteiger partial charge in [-0.2, -0.15) is 5.26 Å². The number of hydrogen-bond donors (Lipinski definition) is 0. The summed E-state index contributed by atoms with van der Waals surface area (Å²) in [5.41, 5.74) is 11.6. The van der Waals surface area contributed by atoms with Crippen LogP contribution >= 0.6 is 0 Å². The van der Waals surface area contributed by atoms with Crippen molar-refractivity contribution < 1.29 is 0 Å². The van der Waals surface area contributed by atoms with Crippen LogP contribution in [0.3, 0.4) is 0 Å². The molecular formula is C46H38N4. The van der Waals surface area contributed by atoms with Crippen LogP contribution in [0.15, 0.2) is 121 Å². The van der Waals surface area contributed by atoms with E-state index in [0.717, 1.165) is 55.3 Å². The molecule has 8 rings (SSSR count). The van der Waals surface area contributed by atoms with E-state index in [2.05, 4.69) is 159 Å². The highest BCUT2D eigenvalue weighted by Crippen LogP contribution is 2.44. The third kappa shape index (κ3) is 4.88. The van der Waals surface area contributed by atoms with Crippen molar-refractivity contribution in [2.45, 2.75) is 52.4 Å². The minimum atomic E-state index is -0.0210. The summed E-state index contributed by atoms with van der Waals surface area (Å²) in [6.45, 7) is 21.4. The Morgan fingerprint density at radius 2 is 1.12 bits per heavy atom. The molecule has 4 nitrogen and oxygen atoms in total. The third-order valence-electron chi connectivity index (χ3n) is 10.1. The SMILES string of the molecule is [C-]#[N+]c1ccc(C#N)c(-c2cc3c4ccccc4n(-c4ccccc4)c3cc2-n2c3ccc(C(C)(C)C)cc3c3cc(C(C)(C)C)ccc32)c1. The number of fused-ring (bicyclic) bond motifs is 6. The number of nitriles is 1. The van der Waals surface area contributed by atoms with Gasteiger partial charge in [0.15, 0.2) is 5.69 Å². The van der Waals surface area contributed by atoms with Gasteiger partial charge in [-0.05, 0) is 88.2 Å². The van der Waals surface area contributed by atoms with Gasteiger partial charge in [-0.25, -0.2) is 4.85 Å². The Labute approximate surface area is 293 Å². The van der Waals surface area contributed by atoms with Gasteiger partial charge in [0, 0.05) is 32.8 Å². The Morgan fingerprint density at radius 1 is 0.540 bits per heavy atom. The van der Waals surface area contributed by atoms with Gasteiger partial charge in [-0.15, -0.1) is 0 Å². The Bertz CT molecular complexity index is 2660. The molecule has 4 heteroatoms. The Balaban J connectivity index is 1.59. The minimum Gasteiger partial charge on any atom is -0.309 e. The second-order valence-electron chi connectivity index (χ2n) is 15.3. The summed E-state index contributed by atoms with van der Waals surface area (Å²) in [6, 6.07) is 45.1. The molecule has 0 aliphatic carbocycles. The molecule has 2 aromatic heterocycles. The second kappa shape index (κ2) is 11.2. The van der Waals surface area contributed by atoms with E-state index < -0.39 is 0 Å². The smallest absolute Gasteiger partial charge is 0.187 e. The highest BCUT2D eigenvalue weighted by Gasteiger charge is 2.24. The first-order chi connectivity index (χ1) is 24.0. The van der Waals surface area contributed by atoms with E-state index in [0.29, 0.717) is 11.3 Å². The average molecular weight is 647 g/mol. The van der Waals surface area contributed by atoms with Crippen molar-refractivity contribution in [2.24, 2.45) is 0 Å². The van der Waals surface area contributed by atoms with Gasteiger partial charge in [0.25, 0.3) is 0 Å². The summed E-state index contributed by atoms with van der Waals surface area (Å²) in [4.78, 5) is 3.78. The van der Waals surface area contributed by atoms with E-state index in [1.54, 1.807) is 12.1 Å². The lowest BCUT2D eigenvalue weighted by Gasteiger charge is -2.20. The van der Waals surface area contributed by atoms with Crippen molar-refractivity contribution in [1.82, 2.24) is 9.13 Å². The molecule has 0 saturated carbocycles. The normalized spacial score (nSPS) is 12.2. The number of rotatable bonds is 3. The summed E-state index contributed by atoms with van der Waals surface area (Å²) in [6.07, 6.45) is 0. The standard InChI is InChI=1S/C46H38N4/c1-45(2,3)30-18-21-41-36(23-30)37-24-31(46(4,5)6)19-22-42(37)50(41)44-27-43-38(26-39(44)35-25-32(48-7)20-17-29(35)28-47)34-15-11-12-16-40(34)49(43)33-13-9-8-10-14-33/h8-27H,1-6H3. The topological polar surface area (TPSA) is 38.0 Å². The van der Waals surface area contributed by atoms with Crippen molar-refractivity contribution >= 4 is 49.3 Å². The van der Waals surface area contributed by atoms with Crippen molar-refractivity contribution in [3.8, 4) is 28.6 Å².